The van der Waals surface area contributed by atoms with Gasteiger partial charge in [-0.15, -0.1) is 10.2 Å². The van der Waals surface area contributed by atoms with Gasteiger partial charge in [-0.25, -0.2) is 0 Å². The van der Waals surface area contributed by atoms with Crippen LogP contribution in [0.5, 0.6) is 5.19 Å². The Morgan fingerprint density at radius 3 is 2.79 bits per heavy atom. The van der Waals surface area contributed by atoms with E-state index in [-0.39, 0.29) is 6.10 Å². The van der Waals surface area contributed by atoms with Crippen molar-refractivity contribution in [2.75, 3.05) is 6.61 Å². The van der Waals surface area contributed by atoms with E-state index in [9.17, 15) is 0 Å². The van der Waals surface area contributed by atoms with Gasteiger partial charge in [0.05, 0.1) is 0 Å². The van der Waals surface area contributed by atoms with Gasteiger partial charge in [-0.05, 0) is 31.6 Å². The monoisotopic (exact) mass is 214 g/mol. The Bertz CT molecular complexity index is 258. The summed E-state index contributed by atoms with van der Waals surface area (Å²) < 4.78 is 5.65. The van der Waals surface area contributed by atoms with Gasteiger partial charge >= 0.3 is 0 Å². The van der Waals surface area contributed by atoms with Crippen molar-refractivity contribution in [1.82, 2.24) is 10.2 Å². The normalized spacial score (nSPS) is 27.5. The van der Waals surface area contributed by atoms with E-state index in [1.807, 2.05) is 0 Å². The third-order valence-corrected chi connectivity index (χ3v) is 3.24. The van der Waals surface area contributed by atoms with Gasteiger partial charge in [-0.3, -0.25) is 0 Å². The SMILES string of the molecule is OCC1CCC(Oc2nncs2)CC1. The molecule has 1 heterocycles. The number of hydrogen-bond acceptors (Lipinski definition) is 5. The first-order valence-electron chi connectivity index (χ1n) is 4.92. The van der Waals surface area contributed by atoms with Crippen LogP contribution in [0.4, 0.5) is 0 Å². The predicted molar refractivity (Wildman–Crippen MR) is 53.4 cm³/mol. The molecular weight excluding hydrogens is 200 g/mol. The average Bonchev–Trinajstić information content (AvgIpc) is 2.72. The highest BCUT2D eigenvalue weighted by atomic mass is 32.1. The number of aliphatic hydroxyl groups is 1. The Balaban J connectivity index is 1.79. The quantitative estimate of drug-likeness (QED) is 0.827. The lowest BCUT2D eigenvalue weighted by Crippen LogP contribution is -2.25. The molecule has 0 saturated heterocycles. The Labute approximate surface area is 86.9 Å². The second-order valence-corrected chi connectivity index (χ2v) is 4.44. The van der Waals surface area contributed by atoms with E-state index in [2.05, 4.69) is 10.2 Å². The molecule has 0 unspecified atom stereocenters. The molecule has 0 aliphatic heterocycles. The van der Waals surface area contributed by atoms with Gasteiger partial charge in [-0.1, -0.05) is 11.3 Å². The van der Waals surface area contributed by atoms with E-state index < -0.39 is 0 Å². The van der Waals surface area contributed by atoms with Crippen molar-refractivity contribution in [2.45, 2.75) is 31.8 Å². The van der Waals surface area contributed by atoms with Gasteiger partial charge in [-0.2, -0.15) is 0 Å². The summed E-state index contributed by atoms with van der Waals surface area (Å²) in [5.74, 6) is 0.476. The summed E-state index contributed by atoms with van der Waals surface area (Å²) >= 11 is 1.43. The van der Waals surface area contributed by atoms with E-state index in [4.69, 9.17) is 9.84 Å². The van der Waals surface area contributed by atoms with Gasteiger partial charge in [0.1, 0.15) is 11.6 Å². The molecule has 0 amide bonds. The zero-order valence-corrected chi connectivity index (χ0v) is 8.74. The topological polar surface area (TPSA) is 55.2 Å². The highest BCUT2D eigenvalue weighted by molar-refractivity contribution is 7.11. The number of nitrogens with zero attached hydrogens (tertiary/aromatic N) is 2. The number of ether oxygens (including phenoxy) is 1. The molecule has 0 spiro atoms. The average molecular weight is 214 g/mol. The predicted octanol–water partition coefficient (Wildman–Crippen LogP) is 1.47. The largest absolute Gasteiger partial charge is 0.466 e. The molecule has 0 aromatic carbocycles. The first-order valence-corrected chi connectivity index (χ1v) is 5.80. The van der Waals surface area contributed by atoms with E-state index in [0.29, 0.717) is 17.7 Å². The number of rotatable bonds is 3. The Morgan fingerprint density at radius 2 is 2.21 bits per heavy atom. The van der Waals surface area contributed by atoms with Gasteiger partial charge < -0.3 is 9.84 Å². The highest BCUT2D eigenvalue weighted by Gasteiger charge is 2.22. The molecule has 1 fully saturated rings. The zero-order valence-electron chi connectivity index (χ0n) is 7.93. The van der Waals surface area contributed by atoms with Crippen molar-refractivity contribution in [2.24, 2.45) is 5.92 Å². The van der Waals surface area contributed by atoms with E-state index in [1.54, 1.807) is 5.51 Å². The fourth-order valence-electron chi connectivity index (χ4n) is 1.79. The van der Waals surface area contributed by atoms with Crippen molar-refractivity contribution in [3.05, 3.63) is 5.51 Å². The van der Waals surface area contributed by atoms with Gasteiger partial charge in [0.2, 0.25) is 0 Å². The Hall–Kier alpha value is -0.680. The van der Waals surface area contributed by atoms with Gasteiger partial charge in [0.25, 0.3) is 5.19 Å². The van der Waals surface area contributed by atoms with Crippen LogP contribution < -0.4 is 4.74 Å². The summed E-state index contributed by atoms with van der Waals surface area (Å²) in [5, 5.41) is 17.2. The molecule has 4 nitrogen and oxygen atoms in total. The van der Waals surface area contributed by atoms with Crippen molar-refractivity contribution < 1.29 is 9.84 Å². The summed E-state index contributed by atoms with van der Waals surface area (Å²) in [6.45, 7) is 0.311. The molecule has 1 aromatic heterocycles. The Kier molecular flexibility index (Phi) is 3.31. The van der Waals surface area contributed by atoms with Crippen LogP contribution in [0, 0.1) is 5.92 Å². The molecule has 78 valence electrons. The minimum absolute atomic E-state index is 0.269. The highest BCUT2D eigenvalue weighted by Crippen LogP contribution is 2.27. The van der Waals surface area contributed by atoms with Crippen LogP contribution in [0.1, 0.15) is 25.7 Å². The van der Waals surface area contributed by atoms with Gasteiger partial charge in [0, 0.05) is 6.61 Å². The molecular formula is C9H14N2O2S. The molecule has 0 atom stereocenters. The first-order chi connectivity index (χ1) is 6.88. The van der Waals surface area contributed by atoms with E-state index in [0.717, 1.165) is 25.7 Å². The van der Waals surface area contributed by atoms with E-state index in [1.165, 1.54) is 11.3 Å². The van der Waals surface area contributed by atoms with Crippen LogP contribution in [0.3, 0.4) is 0 Å². The maximum atomic E-state index is 8.97. The first kappa shape index (κ1) is 9.86. The molecule has 14 heavy (non-hydrogen) atoms. The minimum atomic E-state index is 0.269. The molecule has 1 aromatic rings. The molecule has 1 aliphatic rings. The van der Waals surface area contributed by atoms with Crippen LogP contribution in [0.25, 0.3) is 0 Å². The van der Waals surface area contributed by atoms with Crippen LogP contribution in [0.15, 0.2) is 5.51 Å². The molecule has 1 aliphatic carbocycles. The molecule has 0 radical (unpaired) electrons. The lowest BCUT2D eigenvalue weighted by atomic mass is 9.88. The maximum absolute atomic E-state index is 8.97. The summed E-state index contributed by atoms with van der Waals surface area (Å²) in [4.78, 5) is 0. The summed E-state index contributed by atoms with van der Waals surface area (Å²) in [6.07, 6.45) is 4.42. The smallest absolute Gasteiger partial charge is 0.294 e. The minimum Gasteiger partial charge on any atom is -0.466 e. The van der Waals surface area contributed by atoms with E-state index >= 15 is 0 Å². The van der Waals surface area contributed by atoms with Crippen LogP contribution in [-0.2, 0) is 0 Å². The summed E-state index contributed by atoms with van der Waals surface area (Å²) in [7, 11) is 0. The van der Waals surface area contributed by atoms with Gasteiger partial charge in [0.15, 0.2) is 0 Å². The third kappa shape index (κ3) is 2.42. The second-order valence-electron chi connectivity index (χ2n) is 3.65. The van der Waals surface area contributed by atoms with Crippen LogP contribution in [0.2, 0.25) is 0 Å². The lowest BCUT2D eigenvalue weighted by Gasteiger charge is -2.26. The van der Waals surface area contributed by atoms with Crippen LogP contribution in [-0.4, -0.2) is 28.0 Å². The molecule has 1 N–H and O–H groups in total. The third-order valence-electron chi connectivity index (χ3n) is 2.66. The number of hydrogen-bond donors (Lipinski definition) is 1. The lowest BCUT2D eigenvalue weighted by molar-refractivity contribution is 0.103. The standard InChI is InChI=1S/C9H14N2O2S/c12-5-7-1-3-8(4-2-7)13-9-11-10-6-14-9/h6-8,12H,1-5H2. The Morgan fingerprint density at radius 1 is 1.43 bits per heavy atom. The molecule has 5 heteroatoms. The molecule has 0 bridgehead atoms. The molecule has 2 rings (SSSR count). The molecule has 1 saturated carbocycles. The fraction of sp³-hybridized carbons (Fsp3) is 0.778. The second kappa shape index (κ2) is 4.70. The van der Waals surface area contributed by atoms with Crippen molar-refractivity contribution in [3.8, 4) is 5.19 Å². The van der Waals surface area contributed by atoms with Crippen molar-refractivity contribution >= 4 is 11.3 Å². The fourth-order valence-corrected chi connectivity index (χ4v) is 2.26. The van der Waals surface area contributed by atoms with Crippen molar-refractivity contribution in [3.63, 3.8) is 0 Å². The zero-order chi connectivity index (χ0) is 9.80. The maximum Gasteiger partial charge on any atom is 0.294 e. The number of aliphatic hydroxyl groups excluding tert-OH is 1. The summed E-state index contributed by atoms with van der Waals surface area (Å²) in [5.41, 5.74) is 1.68. The summed E-state index contributed by atoms with van der Waals surface area (Å²) in [6, 6.07) is 0. The number of aromatic nitrogens is 2. The van der Waals surface area contributed by atoms with Crippen LogP contribution >= 0.6 is 11.3 Å². The van der Waals surface area contributed by atoms with Crippen molar-refractivity contribution in [1.29, 1.82) is 0 Å².